The van der Waals surface area contributed by atoms with E-state index in [-0.39, 0.29) is 29.5 Å². The summed E-state index contributed by atoms with van der Waals surface area (Å²) in [5, 5.41) is 0. The smallest absolute Gasteiger partial charge is 0.280 e. The number of H-pyrrole nitrogens is 1. The molecule has 0 radical (unpaired) electrons. The molecule has 2 aliphatic rings. The molecular weight excluding hydrogens is 352 g/mol. The fourth-order valence-corrected chi connectivity index (χ4v) is 5.82. The van der Waals surface area contributed by atoms with Crippen molar-refractivity contribution in [3.05, 3.63) is 24.4 Å². The van der Waals surface area contributed by atoms with Gasteiger partial charge >= 0.3 is 0 Å². The molecule has 3 rings (SSSR count). The average Bonchev–Trinajstić information content (AvgIpc) is 3.02. The van der Waals surface area contributed by atoms with Crippen molar-refractivity contribution in [3.63, 3.8) is 0 Å². The van der Waals surface area contributed by atoms with E-state index in [0.717, 1.165) is 32.0 Å². The SMILES string of the molecule is CCN(C(=O)[C@H](C)[NH+]1CCN(c2cccc[nH+]2)CC1)[C@H]1CCS(=O)(=O)C1. The third-order valence-electron chi connectivity index (χ3n) is 5.69. The van der Waals surface area contributed by atoms with Crippen molar-refractivity contribution in [2.75, 3.05) is 49.1 Å². The fourth-order valence-electron chi connectivity index (χ4n) is 4.09. The largest absolute Gasteiger partial charge is 0.334 e. The van der Waals surface area contributed by atoms with Gasteiger partial charge in [0.2, 0.25) is 0 Å². The first kappa shape index (κ1) is 19.1. The minimum Gasteiger partial charge on any atom is -0.334 e. The highest BCUT2D eigenvalue weighted by molar-refractivity contribution is 7.91. The first-order chi connectivity index (χ1) is 12.4. The molecule has 0 aliphatic carbocycles. The highest BCUT2D eigenvalue weighted by atomic mass is 32.2. The van der Waals surface area contributed by atoms with Crippen LogP contribution in [0.2, 0.25) is 0 Å². The number of carbonyl (C=O) groups is 1. The maximum absolute atomic E-state index is 13.0. The molecule has 1 aromatic rings. The van der Waals surface area contributed by atoms with Gasteiger partial charge in [0, 0.05) is 18.7 Å². The summed E-state index contributed by atoms with van der Waals surface area (Å²) >= 11 is 0. The number of rotatable bonds is 5. The zero-order valence-corrected chi connectivity index (χ0v) is 16.5. The Hall–Kier alpha value is -1.67. The lowest BCUT2D eigenvalue weighted by Gasteiger charge is -2.35. The van der Waals surface area contributed by atoms with Crippen molar-refractivity contribution in [1.82, 2.24) is 4.90 Å². The van der Waals surface area contributed by atoms with E-state index in [1.54, 1.807) is 4.90 Å². The molecule has 144 valence electrons. The number of amides is 1. The van der Waals surface area contributed by atoms with E-state index in [0.29, 0.717) is 13.0 Å². The maximum atomic E-state index is 13.0. The van der Waals surface area contributed by atoms with Crippen molar-refractivity contribution < 1.29 is 23.1 Å². The number of hydrogen-bond acceptors (Lipinski definition) is 4. The molecule has 8 heteroatoms. The Morgan fingerprint density at radius 3 is 2.65 bits per heavy atom. The molecule has 2 atom stereocenters. The van der Waals surface area contributed by atoms with Crippen LogP contribution in [0.4, 0.5) is 5.82 Å². The van der Waals surface area contributed by atoms with E-state index in [4.69, 9.17) is 0 Å². The van der Waals surface area contributed by atoms with Gasteiger partial charge in [-0.05, 0) is 26.3 Å². The fraction of sp³-hybridized carbons (Fsp3) is 0.667. The number of likely N-dealkylation sites (N-methyl/N-ethyl adjacent to an activating group) is 1. The van der Waals surface area contributed by atoms with Gasteiger partial charge in [0.1, 0.15) is 26.2 Å². The number of hydrogen-bond donors (Lipinski definition) is 1. The summed E-state index contributed by atoms with van der Waals surface area (Å²) in [6, 6.07) is 5.76. The Morgan fingerprint density at radius 2 is 2.12 bits per heavy atom. The van der Waals surface area contributed by atoms with Gasteiger partial charge in [0.05, 0.1) is 17.7 Å². The van der Waals surface area contributed by atoms with E-state index >= 15 is 0 Å². The van der Waals surface area contributed by atoms with Crippen LogP contribution in [0.15, 0.2) is 24.4 Å². The molecule has 3 heterocycles. The van der Waals surface area contributed by atoms with Crippen LogP contribution >= 0.6 is 0 Å². The zero-order chi connectivity index (χ0) is 18.7. The first-order valence-corrected chi connectivity index (χ1v) is 11.3. The number of sulfone groups is 1. The Balaban J connectivity index is 1.58. The third-order valence-corrected chi connectivity index (χ3v) is 7.45. The zero-order valence-electron chi connectivity index (χ0n) is 15.6. The molecule has 2 N–H and O–H groups in total. The van der Waals surface area contributed by atoms with Crippen molar-refractivity contribution in [2.24, 2.45) is 0 Å². The van der Waals surface area contributed by atoms with Crippen LogP contribution < -0.4 is 14.8 Å². The van der Waals surface area contributed by atoms with Crippen LogP contribution in [0.3, 0.4) is 0 Å². The Bertz CT molecular complexity index is 717. The normalized spacial score (nSPS) is 24.4. The van der Waals surface area contributed by atoms with Crippen LogP contribution in [0.25, 0.3) is 0 Å². The van der Waals surface area contributed by atoms with Gasteiger partial charge in [0.15, 0.2) is 15.9 Å². The number of nitrogens with one attached hydrogen (secondary N) is 2. The number of aromatic nitrogens is 1. The Labute approximate surface area is 155 Å². The van der Waals surface area contributed by atoms with Crippen molar-refractivity contribution in [3.8, 4) is 0 Å². The van der Waals surface area contributed by atoms with Gasteiger partial charge in [-0.25, -0.2) is 13.4 Å². The summed E-state index contributed by atoms with van der Waals surface area (Å²) in [6.07, 6.45) is 2.50. The lowest BCUT2D eigenvalue weighted by atomic mass is 10.1. The van der Waals surface area contributed by atoms with Gasteiger partial charge in [0.25, 0.3) is 11.7 Å². The number of anilines is 1. The summed E-state index contributed by atoms with van der Waals surface area (Å²) in [4.78, 5) is 21.7. The molecule has 0 unspecified atom stereocenters. The van der Waals surface area contributed by atoms with Crippen LogP contribution in [0.5, 0.6) is 0 Å². The van der Waals surface area contributed by atoms with Gasteiger partial charge in [-0.3, -0.25) is 9.69 Å². The molecule has 1 amide bonds. The summed E-state index contributed by atoms with van der Waals surface area (Å²) in [5.41, 5.74) is 0. The Morgan fingerprint density at radius 1 is 1.38 bits per heavy atom. The topological polar surface area (TPSA) is 76.3 Å². The van der Waals surface area contributed by atoms with E-state index in [9.17, 15) is 13.2 Å². The maximum Gasteiger partial charge on any atom is 0.280 e. The predicted octanol–water partition coefficient (Wildman–Crippen LogP) is -1.37. The van der Waals surface area contributed by atoms with Gasteiger partial charge in [-0.15, -0.1) is 0 Å². The quantitative estimate of drug-likeness (QED) is 0.682. The molecule has 0 aromatic carbocycles. The first-order valence-electron chi connectivity index (χ1n) is 9.48. The number of quaternary nitrogens is 1. The summed E-state index contributed by atoms with van der Waals surface area (Å²) in [7, 11) is -2.98. The van der Waals surface area contributed by atoms with Crippen LogP contribution in [-0.4, -0.2) is 75.5 Å². The monoisotopic (exact) mass is 382 g/mol. The summed E-state index contributed by atoms with van der Waals surface area (Å²) in [5.74, 6) is 1.52. The molecule has 2 aliphatic heterocycles. The molecule has 2 saturated heterocycles. The second-order valence-electron chi connectivity index (χ2n) is 7.30. The second-order valence-corrected chi connectivity index (χ2v) is 9.52. The highest BCUT2D eigenvalue weighted by Crippen LogP contribution is 2.18. The van der Waals surface area contributed by atoms with E-state index in [1.165, 1.54) is 4.90 Å². The number of carbonyl (C=O) groups excluding carboxylic acids is 1. The van der Waals surface area contributed by atoms with Gasteiger partial charge < -0.3 is 9.80 Å². The van der Waals surface area contributed by atoms with Gasteiger partial charge in [-0.1, -0.05) is 6.07 Å². The minimum atomic E-state index is -2.98. The van der Waals surface area contributed by atoms with Crippen molar-refractivity contribution >= 4 is 21.6 Å². The van der Waals surface area contributed by atoms with Crippen LogP contribution in [0.1, 0.15) is 20.3 Å². The second kappa shape index (κ2) is 7.92. The highest BCUT2D eigenvalue weighted by Gasteiger charge is 2.39. The molecule has 1 aromatic heterocycles. The number of piperazine rings is 1. The van der Waals surface area contributed by atoms with Crippen LogP contribution in [-0.2, 0) is 14.6 Å². The number of pyridine rings is 1. The van der Waals surface area contributed by atoms with Crippen molar-refractivity contribution in [2.45, 2.75) is 32.4 Å². The molecule has 2 fully saturated rings. The standard InChI is InChI=1S/C18H28N4O3S/c1-3-22(16-7-13-26(24,25)14-16)18(23)15(2)20-9-11-21(12-10-20)17-6-4-5-8-19-17/h4-6,8,15-16H,3,7,9-14H2,1-2H3/p+2/t15-,16-/m0/s1. The average molecular weight is 383 g/mol. The van der Waals surface area contributed by atoms with Crippen LogP contribution in [0, 0.1) is 0 Å². The minimum absolute atomic E-state index is 0.0873. The lowest BCUT2D eigenvalue weighted by molar-refractivity contribution is -0.915. The van der Waals surface area contributed by atoms with E-state index in [1.807, 2.05) is 32.2 Å². The van der Waals surface area contributed by atoms with Crippen molar-refractivity contribution in [1.29, 1.82) is 0 Å². The van der Waals surface area contributed by atoms with E-state index < -0.39 is 9.84 Å². The summed E-state index contributed by atoms with van der Waals surface area (Å²) < 4.78 is 23.5. The predicted molar refractivity (Wildman–Crippen MR) is 99.8 cm³/mol. The Kier molecular flexibility index (Phi) is 5.82. The molecule has 7 nitrogen and oxygen atoms in total. The molecule has 0 saturated carbocycles. The molecule has 26 heavy (non-hydrogen) atoms. The number of aromatic amines is 1. The van der Waals surface area contributed by atoms with Gasteiger partial charge in [-0.2, -0.15) is 0 Å². The van der Waals surface area contributed by atoms with E-state index in [2.05, 4.69) is 16.0 Å². The number of nitrogens with zero attached hydrogens (tertiary/aromatic N) is 2. The lowest BCUT2D eigenvalue weighted by Crippen LogP contribution is -3.19. The molecule has 0 spiro atoms. The summed E-state index contributed by atoms with van der Waals surface area (Å²) in [6.45, 7) is 8.09. The molecule has 0 bridgehead atoms. The molecular formula is C18H30N4O3S+2. The third kappa shape index (κ3) is 4.17.